The van der Waals surface area contributed by atoms with Gasteiger partial charge < -0.3 is 4.74 Å². The Hall–Kier alpha value is -0.170. The van der Waals surface area contributed by atoms with Crippen LogP contribution in [0, 0.1) is 0 Å². The molecule has 17 heavy (non-hydrogen) atoms. The van der Waals surface area contributed by atoms with Crippen LogP contribution >= 0.6 is 0 Å². The van der Waals surface area contributed by atoms with E-state index < -0.39 is 15.3 Å². The number of likely N-dealkylation sites (N-methyl/N-ethyl adjacent to an activating group) is 1. The summed E-state index contributed by atoms with van der Waals surface area (Å²) >= 11 is 0. The van der Waals surface area contributed by atoms with Crippen LogP contribution in [-0.2, 0) is 14.8 Å². The van der Waals surface area contributed by atoms with Crippen molar-refractivity contribution in [3.63, 3.8) is 0 Å². The Kier molecular flexibility index (Phi) is 5.85. The maximum absolute atomic E-state index is 11.9. The average molecular weight is 264 g/mol. The van der Waals surface area contributed by atoms with Crippen LogP contribution in [0.3, 0.4) is 0 Å². The smallest absolute Gasteiger partial charge is 0.216 e. The van der Waals surface area contributed by atoms with Crippen molar-refractivity contribution >= 4 is 10.0 Å². The van der Waals surface area contributed by atoms with Crippen molar-refractivity contribution in [2.75, 3.05) is 33.4 Å². The Morgan fingerprint density at radius 3 is 2.82 bits per heavy atom. The summed E-state index contributed by atoms with van der Waals surface area (Å²) in [4.78, 5) is 2.32. The molecule has 1 aliphatic heterocycles. The van der Waals surface area contributed by atoms with Crippen molar-refractivity contribution < 1.29 is 13.2 Å². The van der Waals surface area contributed by atoms with E-state index in [4.69, 9.17) is 4.74 Å². The van der Waals surface area contributed by atoms with Gasteiger partial charge in [-0.25, -0.2) is 13.1 Å². The van der Waals surface area contributed by atoms with E-state index in [0.717, 1.165) is 25.9 Å². The Morgan fingerprint density at radius 2 is 2.24 bits per heavy atom. The summed E-state index contributed by atoms with van der Waals surface area (Å²) in [5, 5.41) is -0.496. The highest BCUT2D eigenvalue weighted by molar-refractivity contribution is 7.90. The van der Waals surface area contributed by atoms with Crippen molar-refractivity contribution in [1.82, 2.24) is 9.62 Å². The van der Waals surface area contributed by atoms with Crippen LogP contribution in [0.25, 0.3) is 0 Å². The van der Waals surface area contributed by atoms with E-state index in [9.17, 15) is 8.42 Å². The second-order valence-electron chi connectivity index (χ2n) is 4.58. The maximum atomic E-state index is 11.9. The quantitative estimate of drug-likeness (QED) is 0.724. The highest BCUT2D eigenvalue weighted by Gasteiger charge is 2.26. The summed E-state index contributed by atoms with van der Waals surface area (Å²) in [6.07, 6.45) is 2.24. The lowest BCUT2D eigenvalue weighted by atomic mass is 10.2. The van der Waals surface area contributed by atoms with E-state index in [-0.39, 0.29) is 6.61 Å². The van der Waals surface area contributed by atoms with Gasteiger partial charge in [0.2, 0.25) is 10.0 Å². The molecule has 1 fully saturated rings. The standard InChI is InChI=1S/C11H24N2O3S/c1-4-13-7-5-6-11(13)8-12-17(14,15)10(2)9-16-3/h10-12H,4-9H2,1-3H3/t10-,11+/m0/s1. The molecule has 0 saturated carbocycles. The molecule has 0 aliphatic carbocycles. The first-order valence-corrected chi connectivity index (χ1v) is 7.77. The maximum Gasteiger partial charge on any atom is 0.216 e. The van der Waals surface area contributed by atoms with Crippen molar-refractivity contribution in [2.24, 2.45) is 0 Å². The van der Waals surface area contributed by atoms with Gasteiger partial charge in [-0.1, -0.05) is 6.92 Å². The van der Waals surface area contributed by atoms with Gasteiger partial charge in [-0.05, 0) is 32.9 Å². The molecular formula is C11H24N2O3S. The molecule has 1 aliphatic rings. The normalized spacial score (nSPS) is 24.1. The predicted octanol–water partition coefficient (Wildman–Crippen LogP) is 0.425. The fourth-order valence-electron chi connectivity index (χ4n) is 2.22. The largest absolute Gasteiger partial charge is 0.383 e. The number of nitrogens with zero attached hydrogens (tertiary/aromatic N) is 1. The van der Waals surface area contributed by atoms with Crippen LogP contribution in [-0.4, -0.2) is 58.0 Å². The molecular weight excluding hydrogens is 240 g/mol. The van der Waals surface area contributed by atoms with Gasteiger partial charge in [0.1, 0.15) is 0 Å². The lowest BCUT2D eigenvalue weighted by Gasteiger charge is -2.23. The topological polar surface area (TPSA) is 58.6 Å². The van der Waals surface area contributed by atoms with Crippen LogP contribution in [0.4, 0.5) is 0 Å². The summed E-state index contributed by atoms with van der Waals surface area (Å²) in [6.45, 7) is 6.59. The summed E-state index contributed by atoms with van der Waals surface area (Å²) in [7, 11) is -1.73. The van der Waals surface area contributed by atoms with Gasteiger partial charge in [0.15, 0.2) is 0 Å². The van der Waals surface area contributed by atoms with Crippen LogP contribution in [0.2, 0.25) is 0 Å². The van der Waals surface area contributed by atoms with Crippen LogP contribution in [0.15, 0.2) is 0 Å². The SMILES string of the molecule is CCN1CCC[C@@H]1CNS(=O)(=O)[C@@H](C)COC. The van der Waals surface area contributed by atoms with Gasteiger partial charge in [0.05, 0.1) is 11.9 Å². The molecule has 102 valence electrons. The Balaban J connectivity index is 2.44. The Bertz CT molecular complexity index is 319. The molecule has 2 atom stereocenters. The minimum absolute atomic E-state index is 0.234. The average Bonchev–Trinajstić information content (AvgIpc) is 2.74. The molecule has 0 unspecified atom stereocenters. The summed E-state index contributed by atoms with van der Waals surface area (Å²) in [5.74, 6) is 0. The molecule has 0 aromatic heterocycles. The number of rotatable bonds is 7. The Labute approximate surface area is 105 Å². The van der Waals surface area contributed by atoms with E-state index in [0.29, 0.717) is 12.6 Å². The van der Waals surface area contributed by atoms with Crippen molar-refractivity contribution in [3.05, 3.63) is 0 Å². The zero-order chi connectivity index (χ0) is 12.9. The lowest BCUT2D eigenvalue weighted by Crippen LogP contribution is -2.43. The fourth-order valence-corrected chi connectivity index (χ4v) is 3.25. The molecule has 1 heterocycles. The van der Waals surface area contributed by atoms with E-state index in [2.05, 4.69) is 16.5 Å². The minimum atomic E-state index is -3.24. The molecule has 0 aromatic rings. The Morgan fingerprint density at radius 1 is 1.53 bits per heavy atom. The zero-order valence-electron chi connectivity index (χ0n) is 11.0. The zero-order valence-corrected chi connectivity index (χ0v) is 11.8. The van der Waals surface area contributed by atoms with Gasteiger partial charge in [-0.15, -0.1) is 0 Å². The number of nitrogens with one attached hydrogen (secondary N) is 1. The molecule has 0 bridgehead atoms. The van der Waals surface area contributed by atoms with Crippen LogP contribution in [0.1, 0.15) is 26.7 Å². The molecule has 0 aromatic carbocycles. The van der Waals surface area contributed by atoms with Crippen molar-refractivity contribution in [1.29, 1.82) is 0 Å². The first-order valence-electron chi connectivity index (χ1n) is 6.22. The van der Waals surface area contributed by atoms with Crippen molar-refractivity contribution in [2.45, 2.75) is 38.0 Å². The summed E-state index contributed by atoms with van der Waals surface area (Å²) in [6, 6.07) is 0.351. The predicted molar refractivity (Wildman–Crippen MR) is 68.5 cm³/mol. The van der Waals surface area contributed by atoms with E-state index in [1.54, 1.807) is 6.92 Å². The number of hydrogen-bond acceptors (Lipinski definition) is 4. The van der Waals surface area contributed by atoms with E-state index in [1.165, 1.54) is 7.11 Å². The number of likely N-dealkylation sites (tertiary alicyclic amines) is 1. The van der Waals surface area contributed by atoms with Crippen LogP contribution < -0.4 is 4.72 Å². The third-order valence-electron chi connectivity index (χ3n) is 3.36. The molecule has 6 heteroatoms. The third-order valence-corrected chi connectivity index (χ3v) is 5.12. The summed E-state index contributed by atoms with van der Waals surface area (Å²) < 4.78 is 31.3. The van der Waals surface area contributed by atoms with Gasteiger partial charge in [-0.3, -0.25) is 4.90 Å². The molecule has 0 amide bonds. The molecule has 0 spiro atoms. The number of sulfonamides is 1. The molecule has 1 saturated heterocycles. The van der Waals surface area contributed by atoms with Gasteiger partial charge in [-0.2, -0.15) is 0 Å². The first kappa shape index (κ1) is 14.9. The lowest BCUT2D eigenvalue weighted by molar-refractivity contribution is 0.200. The monoisotopic (exact) mass is 264 g/mol. The molecule has 1 rings (SSSR count). The number of ether oxygens (including phenoxy) is 1. The number of methoxy groups -OCH3 is 1. The highest BCUT2D eigenvalue weighted by Crippen LogP contribution is 2.16. The molecule has 5 nitrogen and oxygen atoms in total. The number of hydrogen-bond donors (Lipinski definition) is 1. The van der Waals surface area contributed by atoms with Gasteiger partial charge in [0, 0.05) is 19.7 Å². The van der Waals surface area contributed by atoms with E-state index >= 15 is 0 Å². The van der Waals surface area contributed by atoms with Gasteiger partial charge >= 0.3 is 0 Å². The van der Waals surface area contributed by atoms with Gasteiger partial charge in [0.25, 0.3) is 0 Å². The molecule has 0 radical (unpaired) electrons. The first-order chi connectivity index (χ1) is 8.01. The van der Waals surface area contributed by atoms with E-state index in [1.807, 2.05) is 0 Å². The fraction of sp³-hybridized carbons (Fsp3) is 1.00. The second kappa shape index (κ2) is 6.68. The van der Waals surface area contributed by atoms with Crippen molar-refractivity contribution in [3.8, 4) is 0 Å². The minimum Gasteiger partial charge on any atom is -0.383 e. The summed E-state index contributed by atoms with van der Waals surface area (Å²) in [5.41, 5.74) is 0. The highest BCUT2D eigenvalue weighted by atomic mass is 32.2. The van der Waals surface area contributed by atoms with Crippen LogP contribution in [0.5, 0.6) is 0 Å². The third kappa shape index (κ3) is 4.21. The molecule has 1 N–H and O–H groups in total. The second-order valence-corrected chi connectivity index (χ2v) is 6.77.